The molecule has 1 fully saturated rings. The third kappa shape index (κ3) is 4.13. The fourth-order valence-corrected chi connectivity index (χ4v) is 4.33. The van der Waals surface area contributed by atoms with E-state index in [-0.39, 0.29) is 37.4 Å². The summed E-state index contributed by atoms with van der Waals surface area (Å²) in [6.07, 6.45) is 1.96. The Morgan fingerprint density at radius 3 is 2.26 bits per heavy atom. The highest BCUT2D eigenvalue weighted by Gasteiger charge is 2.40. The lowest BCUT2D eigenvalue weighted by atomic mass is 10.1. The maximum absolute atomic E-state index is 13.0. The van der Waals surface area contributed by atoms with Crippen LogP contribution >= 0.6 is 46.4 Å². The Labute approximate surface area is 198 Å². The number of likely N-dealkylation sites (tertiary alicyclic amines) is 1. The van der Waals surface area contributed by atoms with Crippen LogP contribution in [0.15, 0.2) is 47.1 Å². The summed E-state index contributed by atoms with van der Waals surface area (Å²) in [5, 5.41) is 2.95. The summed E-state index contributed by atoms with van der Waals surface area (Å²) in [6.45, 7) is 1.44. The third-order valence-electron chi connectivity index (χ3n) is 5.03. The largest absolute Gasteiger partial charge is 0.350 e. The highest BCUT2D eigenvalue weighted by atomic mass is 35.5. The van der Waals surface area contributed by atoms with E-state index in [2.05, 4.69) is 5.32 Å². The van der Waals surface area contributed by atoms with Crippen molar-refractivity contribution in [1.29, 1.82) is 0 Å². The number of rotatable bonds is 4. The van der Waals surface area contributed by atoms with Crippen LogP contribution in [0, 0.1) is 0 Å². The summed E-state index contributed by atoms with van der Waals surface area (Å²) in [5.74, 6) is -1.54. The normalized spacial score (nSPS) is 16.5. The summed E-state index contributed by atoms with van der Waals surface area (Å²) in [5.41, 5.74) is 0.866. The van der Waals surface area contributed by atoms with Crippen molar-refractivity contribution in [3.63, 3.8) is 0 Å². The average molecular weight is 499 g/mol. The molecular weight excluding hydrogens is 484 g/mol. The quantitative estimate of drug-likeness (QED) is 0.457. The number of benzene rings is 2. The molecule has 2 aliphatic heterocycles. The van der Waals surface area contributed by atoms with Crippen molar-refractivity contribution < 1.29 is 14.4 Å². The van der Waals surface area contributed by atoms with Gasteiger partial charge in [0.05, 0.1) is 20.8 Å². The molecule has 0 aromatic heterocycles. The lowest BCUT2D eigenvalue weighted by Crippen LogP contribution is -2.32. The molecule has 0 atom stereocenters. The Bertz CT molecular complexity index is 1140. The van der Waals surface area contributed by atoms with E-state index < -0.39 is 11.8 Å². The third-order valence-corrected chi connectivity index (χ3v) is 6.41. The molecule has 0 saturated carbocycles. The number of amides is 3. The van der Waals surface area contributed by atoms with Gasteiger partial charge in [-0.25, -0.2) is 4.90 Å². The molecule has 0 unspecified atom stereocenters. The summed E-state index contributed by atoms with van der Waals surface area (Å²) >= 11 is 24.3. The van der Waals surface area contributed by atoms with Crippen LogP contribution in [0.1, 0.15) is 23.2 Å². The molecule has 0 aliphatic carbocycles. The van der Waals surface area contributed by atoms with E-state index in [0.717, 1.165) is 30.8 Å². The molecule has 2 aromatic rings. The van der Waals surface area contributed by atoms with Crippen molar-refractivity contribution in [2.24, 2.45) is 0 Å². The molecule has 0 radical (unpaired) electrons. The Balaban J connectivity index is 1.60. The molecule has 0 spiro atoms. The number of nitrogens with one attached hydrogen (secondary N) is 1. The Hall–Kier alpha value is -2.25. The number of hydrogen-bond donors (Lipinski definition) is 1. The van der Waals surface area contributed by atoms with Gasteiger partial charge in [-0.1, -0.05) is 52.5 Å². The summed E-state index contributed by atoms with van der Waals surface area (Å²) in [4.78, 5) is 40.9. The van der Waals surface area contributed by atoms with Gasteiger partial charge in [0, 0.05) is 24.3 Å². The molecule has 160 valence electrons. The molecule has 31 heavy (non-hydrogen) atoms. The zero-order chi connectivity index (χ0) is 22.3. The zero-order valence-electron chi connectivity index (χ0n) is 15.9. The van der Waals surface area contributed by atoms with E-state index in [9.17, 15) is 14.4 Å². The van der Waals surface area contributed by atoms with Crippen LogP contribution in [0.3, 0.4) is 0 Å². The molecule has 4 rings (SSSR count). The lowest BCUT2D eigenvalue weighted by molar-refractivity contribution is -0.120. The fraction of sp³-hybridized carbons (Fsp3) is 0.190. The van der Waals surface area contributed by atoms with Crippen LogP contribution in [0.5, 0.6) is 0 Å². The zero-order valence-corrected chi connectivity index (χ0v) is 18.9. The lowest BCUT2D eigenvalue weighted by Gasteiger charge is -2.18. The van der Waals surface area contributed by atoms with Gasteiger partial charge in [-0.2, -0.15) is 0 Å². The number of hydrogen-bond acceptors (Lipinski definition) is 4. The van der Waals surface area contributed by atoms with Gasteiger partial charge in [0.1, 0.15) is 10.7 Å². The number of anilines is 2. The molecular formula is C21H15Cl4N3O3. The number of carbonyl (C=O) groups excluding carboxylic acids is 3. The summed E-state index contributed by atoms with van der Waals surface area (Å²) < 4.78 is 0. The van der Waals surface area contributed by atoms with Crippen molar-refractivity contribution in [3.8, 4) is 0 Å². The molecule has 0 bridgehead atoms. The highest BCUT2D eigenvalue weighted by molar-refractivity contribution is 6.54. The monoisotopic (exact) mass is 497 g/mol. The first-order valence-electron chi connectivity index (χ1n) is 9.37. The van der Waals surface area contributed by atoms with Gasteiger partial charge in [0.2, 0.25) is 0 Å². The molecule has 3 amide bonds. The van der Waals surface area contributed by atoms with E-state index >= 15 is 0 Å². The maximum Gasteiger partial charge on any atom is 0.283 e. The Morgan fingerprint density at radius 2 is 1.55 bits per heavy atom. The molecule has 2 heterocycles. The first kappa shape index (κ1) is 22.0. The summed E-state index contributed by atoms with van der Waals surface area (Å²) in [6, 6.07) is 9.34. The minimum Gasteiger partial charge on any atom is -0.350 e. The van der Waals surface area contributed by atoms with Gasteiger partial charge >= 0.3 is 0 Å². The minimum atomic E-state index is -0.751. The first-order valence-corrected chi connectivity index (χ1v) is 10.9. The topological polar surface area (TPSA) is 69.7 Å². The minimum absolute atomic E-state index is 0.0685. The summed E-state index contributed by atoms with van der Waals surface area (Å²) in [7, 11) is 0. The van der Waals surface area contributed by atoms with E-state index in [1.165, 1.54) is 12.1 Å². The van der Waals surface area contributed by atoms with Gasteiger partial charge in [-0.05, 0) is 43.2 Å². The van der Waals surface area contributed by atoms with Crippen molar-refractivity contribution in [2.75, 3.05) is 23.3 Å². The highest BCUT2D eigenvalue weighted by Crippen LogP contribution is 2.38. The van der Waals surface area contributed by atoms with Crippen LogP contribution in [0.2, 0.25) is 15.1 Å². The van der Waals surface area contributed by atoms with E-state index in [0.29, 0.717) is 11.3 Å². The van der Waals surface area contributed by atoms with Gasteiger partial charge in [0.25, 0.3) is 17.7 Å². The van der Waals surface area contributed by atoms with Crippen LogP contribution in [-0.4, -0.2) is 35.7 Å². The van der Waals surface area contributed by atoms with Crippen molar-refractivity contribution in [3.05, 3.63) is 67.8 Å². The van der Waals surface area contributed by atoms with Crippen LogP contribution in [0.25, 0.3) is 0 Å². The van der Waals surface area contributed by atoms with Crippen molar-refractivity contribution >= 4 is 75.5 Å². The predicted molar refractivity (Wildman–Crippen MR) is 122 cm³/mol. The molecule has 1 N–H and O–H groups in total. The van der Waals surface area contributed by atoms with Crippen molar-refractivity contribution in [1.82, 2.24) is 4.90 Å². The molecule has 6 nitrogen and oxygen atoms in total. The number of imide groups is 1. The fourth-order valence-electron chi connectivity index (χ4n) is 3.49. The molecule has 2 aliphatic rings. The standard InChI is InChI=1S/C21H15Cl4N3O3/c22-13-9-15(24)16(10-14(13)23)28-20(30)17(25)18(21(28)31)26-12-5-3-4-11(8-12)19(29)27-6-1-2-7-27/h3-5,8-10,26H,1-2,6-7H2. The van der Waals surface area contributed by atoms with Crippen LogP contribution in [0.4, 0.5) is 11.4 Å². The van der Waals surface area contributed by atoms with E-state index in [1.54, 1.807) is 29.2 Å². The maximum atomic E-state index is 13.0. The van der Waals surface area contributed by atoms with E-state index in [4.69, 9.17) is 46.4 Å². The number of carbonyl (C=O) groups is 3. The number of nitrogens with zero attached hydrogens (tertiary/aromatic N) is 2. The predicted octanol–water partition coefficient (Wildman–Crippen LogP) is 5.32. The second-order valence-corrected chi connectivity index (χ2v) is 8.66. The van der Waals surface area contributed by atoms with Crippen LogP contribution in [-0.2, 0) is 9.59 Å². The second-order valence-electron chi connectivity index (χ2n) is 7.06. The van der Waals surface area contributed by atoms with E-state index in [1.807, 2.05) is 0 Å². The van der Waals surface area contributed by atoms with Gasteiger partial charge in [-0.3, -0.25) is 14.4 Å². The Morgan fingerprint density at radius 1 is 0.871 bits per heavy atom. The number of halogens is 4. The van der Waals surface area contributed by atoms with Crippen LogP contribution < -0.4 is 10.2 Å². The second kappa shape index (κ2) is 8.71. The first-order chi connectivity index (χ1) is 14.8. The molecule has 2 aromatic carbocycles. The van der Waals surface area contributed by atoms with Gasteiger partial charge < -0.3 is 10.2 Å². The SMILES string of the molecule is O=C(c1cccc(NC2=C(Cl)C(=O)N(c3cc(Cl)c(Cl)cc3Cl)C2=O)c1)N1CCCC1. The molecule has 10 heteroatoms. The Kier molecular flexibility index (Phi) is 6.17. The average Bonchev–Trinajstić information content (AvgIpc) is 3.35. The smallest absolute Gasteiger partial charge is 0.283 e. The molecule has 1 saturated heterocycles. The van der Waals surface area contributed by atoms with Gasteiger partial charge in [-0.15, -0.1) is 0 Å². The van der Waals surface area contributed by atoms with Crippen molar-refractivity contribution in [2.45, 2.75) is 12.8 Å². The van der Waals surface area contributed by atoms with Gasteiger partial charge in [0.15, 0.2) is 0 Å².